The standard InChI is InChI=1S/C10H8N4O4/c1-6-2-3-8(14(17)18)9(12-6)13-5-7(4-11-13)10(15)16/h2-5H,1H3,(H,15,16). The van der Waals surface area contributed by atoms with Gasteiger partial charge in [-0.1, -0.05) is 0 Å². The third kappa shape index (κ3) is 2.03. The molecule has 0 aliphatic heterocycles. The van der Waals surface area contributed by atoms with Gasteiger partial charge in [0.25, 0.3) is 0 Å². The van der Waals surface area contributed by atoms with Crippen LogP contribution in [0.2, 0.25) is 0 Å². The molecule has 0 spiro atoms. The first-order valence-corrected chi connectivity index (χ1v) is 4.89. The molecule has 2 aromatic rings. The Balaban J connectivity index is 2.57. The summed E-state index contributed by atoms with van der Waals surface area (Å²) in [6.07, 6.45) is 2.28. The van der Waals surface area contributed by atoms with Gasteiger partial charge in [0.2, 0.25) is 5.82 Å². The number of carboxylic acid groups (broad SMARTS) is 1. The van der Waals surface area contributed by atoms with Crippen LogP contribution in [0.3, 0.4) is 0 Å². The highest BCUT2D eigenvalue weighted by atomic mass is 16.6. The number of carbonyl (C=O) groups is 1. The van der Waals surface area contributed by atoms with E-state index in [1.165, 1.54) is 18.3 Å². The van der Waals surface area contributed by atoms with E-state index in [-0.39, 0.29) is 17.1 Å². The molecule has 0 saturated carbocycles. The third-order valence-corrected chi connectivity index (χ3v) is 2.24. The number of pyridine rings is 1. The monoisotopic (exact) mass is 248 g/mol. The van der Waals surface area contributed by atoms with Gasteiger partial charge in [-0.15, -0.1) is 0 Å². The minimum atomic E-state index is -1.16. The van der Waals surface area contributed by atoms with Crippen LogP contribution in [-0.2, 0) is 0 Å². The zero-order valence-corrected chi connectivity index (χ0v) is 9.27. The van der Waals surface area contributed by atoms with E-state index in [1.807, 2.05) is 0 Å². The summed E-state index contributed by atoms with van der Waals surface area (Å²) >= 11 is 0. The van der Waals surface area contributed by atoms with Crippen molar-refractivity contribution >= 4 is 11.7 Å². The van der Waals surface area contributed by atoms with E-state index in [0.717, 1.165) is 10.9 Å². The van der Waals surface area contributed by atoms with E-state index in [0.29, 0.717) is 5.69 Å². The number of aryl methyl sites for hydroxylation is 1. The SMILES string of the molecule is Cc1ccc([N+](=O)[O-])c(-n2cc(C(=O)O)cn2)n1. The fourth-order valence-electron chi connectivity index (χ4n) is 1.40. The molecule has 2 aromatic heterocycles. The predicted molar refractivity (Wildman–Crippen MR) is 59.7 cm³/mol. The second-order valence-corrected chi connectivity index (χ2v) is 3.53. The van der Waals surface area contributed by atoms with Gasteiger partial charge in [0, 0.05) is 18.0 Å². The molecule has 0 fully saturated rings. The maximum Gasteiger partial charge on any atom is 0.338 e. The van der Waals surface area contributed by atoms with Gasteiger partial charge >= 0.3 is 11.7 Å². The quantitative estimate of drug-likeness (QED) is 0.644. The van der Waals surface area contributed by atoms with Crippen molar-refractivity contribution in [3.05, 3.63) is 45.9 Å². The third-order valence-electron chi connectivity index (χ3n) is 2.24. The van der Waals surface area contributed by atoms with Crippen LogP contribution in [0.5, 0.6) is 0 Å². The van der Waals surface area contributed by atoms with Crippen LogP contribution >= 0.6 is 0 Å². The van der Waals surface area contributed by atoms with Gasteiger partial charge in [-0.3, -0.25) is 10.1 Å². The fraction of sp³-hybridized carbons (Fsp3) is 0.100. The van der Waals surface area contributed by atoms with Crippen molar-refractivity contribution in [2.45, 2.75) is 6.92 Å². The number of hydrogen-bond acceptors (Lipinski definition) is 5. The average Bonchev–Trinajstić information content (AvgIpc) is 2.77. The second-order valence-electron chi connectivity index (χ2n) is 3.53. The maximum absolute atomic E-state index is 10.9. The van der Waals surface area contributed by atoms with Crippen LogP contribution in [-0.4, -0.2) is 30.8 Å². The lowest BCUT2D eigenvalue weighted by Crippen LogP contribution is -2.04. The molecule has 0 radical (unpaired) electrons. The average molecular weight is 248 g/mol. The van der Waals surface area contributed by atoms with Crippen LogP contribution in [0, 0.1) is 17.0 Å². The molecule has 8 heteroatoms. The van der Waals surface area contributed by atoms with Crippen LogP contribution in [0.25, 0.3) is 5.82 Å². The lowest BCUT2D eigenvalue weighted by Gasteiger charge is -2.02. The first-order valence-electron chi connectivity index (χ1n) is 4.89. The number of aromatic nitrogens is 3. The molecule has 2 heterocycles. The summed E-state index contributed by atoms with van der Waals surface area (Å²) in [7, 11) is 0. The van der Waals surface area contributed by atoms with Crippen LogP contribution in [0.4, 0.5) is 5.69 Å². The van der Waals surface area contributed by atoms with E-state index in [4.69, 9.17) is 5.11 Å². The molecule has 18 heavy (non-hydrogen) atoms. The summed E-state index contributed by atoms with van der Waals surface area (Å²) in [4.78, 5) is 25.0. The summed E-state index contributed by atoms with van der Waals surface area (Å²) in [5.74, 6) is -1.16. The Labute approximate surface area is 101 Å². The Kier molecular flexibility index (Phi) is 2.76. The minimum Gasteiger partial charge on any atom is -0.478 e. The van der Waals surface area contributed by atoms with E-state index in [1.54, 1.807) is 6.92 Å². The number of hydrogen-bond donors (Lipinski definition) is 1. The number of nitro groups is 1. The molecule has 0 bridgehead atoms. The predicted octanol–water partition coefficient (Wildman–Crippen LogP) is 1.18. The van der Waals surface area contributed by atoms with Gasteiger partial charge in [0.1, 0.15) is 0 Å². The van der Waals surface area contributed by atoms with E-state index in [2.05, 4.69) is 10.1 Å². The number of aromatic carboxylic acids is 1. The van der Waals surface area contributed by atoms with E-state index < -0.39 is 10.9 Å². The molecule has 0 aromatic carbocycles. The molecule has 1 N–H and O–H groups in total. The summed E-state index contributed by atoms with van der Waals surface area (Å²) in [6, 6.07) is 2.81. The van der Waals surface area contributed by atoms with Crippen molar-refractivity contribution in [1.29, 1.82) is 0 Å². The minimum absolute atomic E-state index is 0.00694. The summed E-state index contributed by atoms with van der Waals surface area (Å²) in [5.41, 5.74) is 0.274. The van der Waals surface area contributed by atoms with Crippen molar-refractivity contribution in [2.75, 3.05) is 0 Å². The molecular formula is C10H8N4O4. The molecule has 0 aliphatic carbocycles. The normalized spacial score (nSPS) is 10.3. The number of rotatable bonds is 3. The Bertz CT molecular complexity index is 635. The zero-order chi connectivity index (χ0) is 13.3. The molecular weight excluding hydrogens is 240 g/mol. The summed E-state index contributed by atoms with van der Waals surface area (Å²) < 4.78 is 1.08. The first kappa shape index (κ1) is 11.7. The molecule has 0 saturated heterocycles. The zero-order valence-electron chi connectivity index (χ0n) is 9.27. The molecule has 0 atom stereocenters. The van der Waals surface area contributed by atoms with Gasteiger partial charge in [-0.25, -0.2) is 14.5 Å². The van der Waals surface area contributed by atoms with Crippen LogP contribution in [0.15, 0.2) is 24.5 Å². The molecule has 2 rings (SSSR count). The molecule has 0 amide bonds. The van der Waals surface area contributed by atoms with E-state index in [9.17, 15) is 14.9 Å². The van der Waals surface area contributed by atoms with Crippen molar-refractivity contribution in [3.63, 3.8) is 0 Å². The Morgan fingerprint density at radius 2 is 2.22 bits per heavy atom. The van der Waals surface area contributed by atoms with Crippen molar-refractivity contribution in [3.8, 4) is 5.82 Å². The van der Waals surface area contributed by atoms with Gasteiger partial charge in [0.15, 0.2) is 0 Å². The highest BCUT2D eigenvalue weighted by Gasteiger charge is 2.19. The lowest BCUT2D eigenvalue weighted by molar-refractivity contribution is -0.385. The topological polar surface area (TPSA) is 111 Å². The smallest absolute Gasteiger partial charge is 0.338 e. The summed E-state index contributed by atoms with van der Waals surface area (Å²) in [5, 5.41) is 23.4. The van der Waals surface area contributed by atoms with Crippen molar-refractivity contribution in [2.24, 2.45) is 0 Å². The lowest BCUT2D eigenvalue weighted by atomic mass is 10.3. The highest BCUT2D eigenvalue weighted by Crippen LogP contribution is 2.20. The highest BCUT2D eigenvalue weighted by molar-refractivity contribution is 5.87. The Hall–Kier alpha value is -2.77. The fourth-order valence-corrected chi connectivity index (χ4v) is 1.40. The number of carboxylic acids is 1. The van der Waals surface area contributed by atoms with Crippen molar-refractivity contribution < 1.29 is 14.8 Å². The van der Waals surface area contributed by atoms with Gasteiger partial charge in [0.05, 0.1) is 16.7 Å². The van der Waals surface area contributed by atoms with Gasteiger partial charge < -0.3 is 5.11 Å². The molecule has 8 nitrogen and oxygen atoms in total. The molecule has 0 unspecified atom stereocenters. The van der Waals surface area contributed by atoms with Gasteiger partial charge in [-0.05, 0) is 13.0 Å². The van der Waals surface area contributed by atoms with Gasteiger partial charge in [-0.2, -0.15) is 5.10 Å². The molecule has 92 valence electrons. The number of nitrogens with zero attached hydrogens (tertiary/aromatic N) is 4. The second kappa shape index (κ2) is 4.24. The van der Waals surface area contributed by atoms with E-state index >= 15 is 0 Å². The Morgan fingerprint density at radius 1 is 1.50 bits per heavy atom. The van der Waals surface area contributed by atoms with Crippen LogP contribution in [0.1, 0.15) is 16.1 Å². The molecule has 0 aliphatic rings. The van der Waals surface area contributed by atoms with Crippen LogP contribution < -0.4 is 0 Å². The largest absolute Gasteiger partial charge is 0.478 e. The van der Waals surface area contributed by atoms with Crippen molar-refractivity contribution in [1.82, 2.24) is 14.8 Å². The first-order chi connectivity index (χ1) is 8.49. The maximum atomic E-state index is 10.9. The Morgan fingerprint density at radius 3 is 2.78 bits per heavy atom. The summed E-state index contributed by atoms with van der Waals surface area (Å²) in [6.45, 7) is 1.68.